The summed E-state index contributed by atoms with van der Waals surface area (Å²) in [4.78, 5) is 15.3. The van der Waals surface area contributed by atoms with Crippen LogP contribution in [0.1, 0.15) is 106 Å². The molecule has 0 saturated carbocycles. The van der Waals surface area contributed by atoms with Crippen LogP contribution in [0.3, 0.4) is 0 Å². The van der Waals surface area contributed by atoms with Crippen LogP contribution in [0.5, 0.6) is 0 Å². The number of unbranched alkanes of at least 4 members (excludes halogenated alkanes) is 3. The Hall–Kier alpha value is -0.491. The van der Waals surface area contributed by atoms with E-state index in [9.17, 15) is 4.79 Å². The van der Waals surface area contributed by atoms with Crippen LogP contribution < -0.4 is 0 Å². The Kier molecular flexibility index (Phi) is 13.2. The van der Waals surface area contributed by atoms with E-state index in [0.717, 1.165) is 37.9 Å². The molecule has 0 aromatic heterocycles. The minimum atomic E-state index is -2.43. The molecule has 5 heteroatoms. The molecule has 1 saturated heterocycles. The van der Waals surface area contributed by atoms with Gasteiger partial charge in [-0.05, 0) is 0 Å². The van der Waals surface area contributed by atoms with E-state index in [1.807, 2.05) is 7.11 Å². The molecule has 0 aromatic carbocycles. The number of ether oxygens (including phenoxy) is 2. The van der Waals surface area contributed by atoms with Crippen molar-refractivity contribution in [3.63, 3.8) is 0 Å². The van der Waals surface area contributed by atoms with Crippen LogP contribution in [0.25, 0.3) is 0 Å². The van der Waals surface area contributed by atoms with E-state index >= 15 is 0 Å². The van der Waals surface area contributed by atoms with Crippen molar-refractivity contribution in [3.8, 4) is 0 Å². The summed E-state index contributed by atoms with van der Waals surface area (Å²) < 4.78 is 19.1. The van der Waals surface area contributed by atoms with E-state index < -0.39 is 18.4 Å². The number of rotatable bonds is 16. The Morgan fingerprint density at radius 1 is 1.06 bits per heavy atom. The van der Waals surface area contributed by atoms with Crippen LogP contribution in [0.4, 0.5) is 0 Å². The summed E-state index contributed by atoms with van der Waals surface area (Å²) in [6.45, 7) is 14.7. The Morgan fingerprint density at radius 3 is 2.11 bits per heavy atom. The summed E-state index contributed by atoms with van der Waals surface area (Å²) in [5.74, 6) is 0.00576. The summed E-state index contributed by atoms with van der Waals surface area (Å²) >= 11 is -2.43. The van der Waals surface area contributed by atoms with Crippen molar-refractivity contribution < 1.29 is 14.3 Å². The monoisotopic (exact) mass is 597 g/mol. The molecule has 4 nitrogen and oxygen atoms in total. The first kappa shape index (κ1) is 30.7. The van der Waals surface area contributed by atoms with Crippen LogP contribution in [-0.4, -0.2) is 60.6 Å². The number of hydrogen-bond donors (Lipinski definition) is 0. The number of carbonyl (C=O) groups excluding carboxylic acids is 1. The van der Waals surface area contributed by atoms with Crippen LogP contribution in [0.15, 0.2) is 21.9 Å². The number of nitrogens with zero attached hydrogens (tertiary/aromatic N) is 1. The number of hydrogen-bond acceptors (Lipinski definition) is 4. The molecule has 2 aliphatic rings. The molecule has 0 radical (unpaired) electrons. The molecule has 2 heterocycles. The summed E-state index contributed by atoms with van der Waals surface area (Å²) in [5.41, 5.74) is 1.01. The molecule has 3 atom stereocenters. The van der Waals surface area contributed by atoms with Crippen LogP contribution in [0.2, 0.25) is 13.3 Å². The Morgan fingerprint density at radius 2 is 1.63 bits per heavy atom. The van der Waals surface area contributed by atoms with Gasteiger partial charge < -0.3 is 0 Å². The third-order valence-corrected chi connectivity index (χ3v) is 23.1. The van der Waals surface area contributed by atoms with Gasteiger partial charge in [-0.2, -0.15) is 0 Å². The van der Waals surface area contributed by atoms with Crippen molar-refractivity contribution in [2.75, 3.05) is 13.7 Å². The fourth-order valence-corrected chi connectivity index (χ4v) is 20.9. The molecule has 0 aromatic rings. The third kappa shape index (κ3) is 7.75. The maximum atomic E-state index is 12.8. The minimum absolute atomic E-state index is 0.148. The molecule has 1 fully saturated rings. The quantitative estimate of drug-likeness (QED) is 0.134. The van der Waals surface area contributed by atoms with E-state index in [4.69, 9.17) is 9.47 Å². The Labute approximate surface area is 221 Å². The fourth-order valence-electron chi connectivity index (χ4n) is 6.52. The second-order valence-corrected chi connectivity index (χ2v) is 24.1. The van der Waals surface area contributed by atoms with Gasteiger partial charge in [0.25, 0.3) is 0 Å². The predicted octanol–water partition coefficient (Wildman–Crippen LogP) is 8.05. The zero-order valence-corrected chi connectivity index (χ0v) is 26.9. The average Bonchev–Trinajstić information content (AvgIpc) is 3.36. The number of cyclic esters (lactones) is 1. The molecule has 0 N–H and O–H groups in total. The topological polar surface area (TPSA) is 38.8 Å². The van der Waals surface area contributed by atoms with E-state index in [1.54, 1.807) is 6.08 Å². The van der Waals surface area contributed by atoms with E-state index in [-0.39, 0.29) is 23.6 Å². The first-order chi connectivity index (χ1) is 16.9. The molecule has 0 aliphatic carbocycles. The number of likely N-dealkylation sites (tertiary alicyclic amines) is 1. The molecule has 0 spiro atoms. The number of esters is 1. The van der Waals surface area contributed by atoms with Crippen molar-refractivity contribution in [1.82, 2.24) is 4.90 Å². The standard InChI is InChI=1S/C18H28NO3.3C4H9.Sn/c1-6-15-13(4)14(12-17(20)22-15)19-11-9-10-16(19)18(7-2,8-3)21-5;3*1-3-4-2;/h1,6,12-13,15-16H,7-11H2,2-5H3;3*1,3-4H2,2H3;/t13-,15-,16+;;;;/m1..../s1. The van der Waals surface area contributed by atoms with E-state index in [2.05, 4.69) is 56.6 Å². The van der Waals surface area contributed by atoms with Gasteiger partial charge in [0.05, 0.1) is 0 Å². The summed E-state index contributed by atoms with van der Waals surface area (Å²) in [6, 6.07) is 0.323. The normalized spacial score (nSPS) is 23.7. The van der Waals surface area contributed by atoms with Gasteiger partial charge in [-0.15, -0.1) is 0 Å². The molecular formula is C30H55NO3Sn. The number of methoxy groups -OCH3 is 1. The molecule has 2 rings (SSSR count). The maximum absolute atomic E-state index is 12.8. The van der Waals surface area contributed by atoms with Crippen LogP contribution in [0, 0.1) is 5.92 Å². The second-order valence-electron chi connectivity index (χ2n) is 11.1. The first-order valence-electron chi connectivity index (χ1n) is 14.8. The van der Waals surface area contributed by atoms with Crippen LogP contribution in [-0.2, 0) is 14.3 Å². The van der Waals surface area contributed by atoms with E-state index in [0.29, 0.717) is 6.04 Å². The van der Waals surface area contributed by atoms with Gasteiger partial charge in [-0.3, -0.25) is 0 Å². The zero-order valence-electron chi connectivity index (χ0n) is 24.0. The number of carbonyl (C=O) groups is 1. The average molecular weight is 596 g/mol. The van der Waals surface area contributed by atoms with Gasteiger partial charge in [-0.25, -0.2) is 0 Å². The van der Waals surface area contributed by atoms with Crippen molar-refractivity contribution in [2.45, 2.75) is 137 Å². The van der Waals surface area contributed by atoms with Gasteiger partial charge in [0.2, 0.25) is 0 Å². The van der Waals surface area contributed by atoms with Crippen molar-refractivity contribution in [3.05, 3.63) is 21.9 Å². The molecule has 2 aliphatic heterocycles. The summed E-state index contributed by atoms with van der Waals surface area (Å²) in [5, 5.41) is 0. The Balaban J connectivity index is 2.32. The van der Waals surface area contributed by atoms with Crippen molar-refractivity contribution in [2.24, 2.45) is 5.92 Å². The fraction of sp³-hybridized carbons (Fsp3) is 0.833. The van der Waals surface area contributed by atoms with Gasteiger partial charge >= 0.3 is 222 Å². The molecule has 35 heavy (non-hydrogen) atoms. The van der Waals surface area contributed by atoms with Gasteiger partial charge in [0.15, 0.2) is 0 Å². The summed E-state index contributed by atoms with van der Waals surface area (Å²) in [6.07, 6.45) is 16.1. The molecule has 202 valence electrons. The molecule has 0 amide bonds. The van der Waals surface area contributed by atoms with Crippen molar-refractivity contribution >= 4 is 24.3 Å². The van der Waals surface area contributed by atoms with E-state index in [1.165, 1.54) is 51.8 Å². The summed E-state index contributed by atoms with van der Waals surface area (Å²) in [7, 11) is 1.86. The van der Waals surface area contributed by atoms with Gasteiger partial charge in [0, 0.05) is 0 Å². The molecule has 0 unspecified atom stereocenters. The molecule has 0 bridgehead atoms. The second kappa shape index (κ2) is 15.0. The van der Waals surface area contributed by atoms with Crippen LogP contribution >= 0.6 is 0 Å². The zero-order chi connectivity index (χ0) is 25.9. The Bertz CT molecular complexity index is 670. The van der Waals surface area contributed by atoms with Crippen molar-refractivity contribution in [1.29, 1.82) is 0 Å². The SMILES string of the molecule is CCC[CH2][Sn](/[CH]=C/[C@H]1OC(=O)C=C(N2CCC[C@H]2C(CC)(CC)OC)[C@H]1C)([CH2]CCC)[CH2]CCC. The third-order valence-electron chi connectivity index (χ3n) is 9.00. The first-order valence-corrected chi connectivity index (χ1v) is 22.5. The predicted molar refractivity (Wildman–Crippen MR) is 151 cm³/mol. The van der Waals surface area contributed by atoms with Gasteiger partial charge in [-0.1, -0.05) is 0 Å². The molecular weight excluding hydrogens is 541 g/mol. The van der Waals surface area contributed by atoms with Gasteiger partial charge in [0.1, 0.15) is 0 Å².